The molecule has 9 heteroatoms. The number of benzene rings is 4. The second-order valence-corrected chi connectivity index (χ2v) is 11.3. The number of hydrogen-bond acceptors (Lipinski definition) is 6. The summed E-state index contributed by atoms with van der Waals surface area (Å²) in [6, 6.07) is 24.7. The van der Waals surface area contributed by atoms with E-state index in [0.717, 1.165) is 28.8 Å². The predicted octanol–water partition coefficient (Wildman–Crippen LogP) is 7.04. The first-order valence-corrected chi connectivity index (χ1v) is 15.4. The number of halogens is 2. The monoisotopic (exact) mass is 613 g/mol. The average Bonchev–Trinajstić information content (AvgIpc) is 3.04. The van der Waals surface area contributed by atoms with Crippen molar-refractivity contribution in [1.82, 2.24) is 5.32 Å². The van der Waals surface area contributed by atoms with Crippen molar-refractivity contribution in [2.75, 3.05) is 24.0 Å². The van der Waals surface area contributed by atoms with Gasteiger partial charge in [0.2, 0.25) is 0 Å². The standard InChI is InChI=1S/C35H33F2N3O3S/c1-23-6-4-5-7-29(23)31-18-25(10-14-30(31)34(41)39-33(16-17-44-3)35(42)43-2)21-40(28-12-8-24(20-38)9-13-28)22-26-19-27(36)11-15-32(26)37/h4-15,18-19,33H,16-17,21-22H2,1-3H3,(H,39,41)/t33-/m0/s1. The molecule has 0 aliphatic rings. The minimum absolute atomic E-state index is 0.0632. The Kier molecular flexibility index (Phi) is 11.1. The molecule has 0 spiro atoms. The van der Waals surface area contributed by atoms with Gasteiger partial charge in [0.25, 0.3) is 5.91 Å². The van der Waals surface area contributed by atoms with Crippen molar-refractivity contribution in [3.63, 3.8) is 0 Å². The van der Waals surface area contributed by atoms with Crippen molar-refractivity contribution in [1.29, 1.82) is 5.26 Å². The summed E-state index contributed by atoms with van der Waals surface area (Å²) in [6.07, 6.45) is 2.35. The summed E-state index contributed by atoms with van der Waals surface area (Å²) in [6.45, 7) is 2.31. The van der Waals surface area contributed by atoms with Crippen LogP contribution in [0.5, 0.6) is 0 Å². The van der Waals surface area contributed by atoms with E-state index in [9.17, 15) is 23.6 Å². The third-order valence-corrected chi connectivity index (χ3v) is 7.91. The highest BCUT2D eigenvalue weighted by molar-refractivity contribution is 7.98. The van der Waals surface area contributed by atoms with Crippen molar-refractivity contribution < 1.29 is 23.1 Å². The van der Waals surface area contributed by atoms with Crippen LogP contribution in [0.25, 0.3) is 11.1 Å². The van der Waals surface area contributed by atoms with E-state index in [1.165, 1.54) is 13.2 Å². The van der Waals surface area contributed by atoms with Crippen LogP contribution in [0.4, 0.5) is 14.5 Å². The molecule has 0 saturated carbocycles. The van der Waals surface area contributed by atoms with Gasteiger partial charge in [-0.15, -0.1) is 0 Å². The zero-order chi connectivity index (χ0) is 31.6. The number of esters is 1. The Hall–Kier alpha value is -4.68. The van der Waals surface area contributed by atoms with E-state index in [-0.39, 0.29) is 12.1 Å². The Bertz CT molecular complexity index is 1670. The van der Waals surface area contributed by atoms with Crippen LogP contribution in [0, 0.1) is 29.9 Å². The van der Waals surface area contributed by atoms with Crippen LogP contribution in [0.15, 0.2) is 84.9 Å². The lowest BCUT2D eigenvalue weighted by Crippen LogP contribution is -2.42. The third kappa shape index (κ3) is 8.03. The molecule has 4 aromatic rings. The number of ether oxygens (including phenoxy) is 1. The Morgan fingerprint density at radius 1 is 0.977 bits per heavy atom. The summed E-state index contributed by atoms with van der Waals surface area (Å²) in [5.41, 5.74) is 5.05. The summed E-state index contributed by atoms with van der Waals surface area (Å²) in [5.74, 6) is -1.32. The number of thioether (sulfide) groups is 1. The van der Waals surface area contributed by atoms with Crippen molar-refractivity contribution in [3.8, 4) is 17.2 Å². The second-order valence-electron chi connectivity index (χ2n) is 10.3. The van der Waals surface area contributed by atoms with Gasteiger partial charge in [-0.1, -0.05) is 30.3 Å². The largest absolute Gasteiger partial charge is 0.467 e. The quantitative estimate of drug-likeness (QED) is 0.173. The van der Waals surface area contributed by atoms with Crippen LogP contribution in [-0.2, 0) is 22.6 Å². The first-order valence-electron chi connectivity index (χ1n) is 14.0. The van der Waals surface area contributed by atoms with Crippen LogP contribution < -0.4 is 10.2 Å². The molecular weight excluding hydrogens is 580 g/mol. The molecule has 0 saturated heterocycles. The lowest BCUT2D eigenvalue weighted by Gasteiger charge is -2.26. The molecule has 0 unspecified atom stereocenters. The molecule has 1 amide bonds. The maximum absolute atomic E-state index is 14.7. The number of carbonyl (C=O) groups excluding carboxylic acids is 2. The molecule has 0 aliphatic heterocycles. The fraction of sp³-hybridized carbons (Fsp3) is 0.229. The molecular formula is C35H33F2N3O3S. The van der Waals surface area contributed by atoms with E-state index in [1.807, 2.05) is 54.5 Å². The van der Waals surface area contributed by atoms with E-state index in [4.69, 9.17) is 4.74 Å². The van der Waals surface area contributed by atoms with Gasteiger partial charge in [0, 0.05) is 29.9 Å². The average molecular weight is 614 g/mol. The lowest BCUT2D eigenvalue weighted by molar-refractivity contribution is -0.142. The summed E-state index contributed by atoms with van der Waals surface area (Å²) in [4.78, 5) is 27.9. The van der Waals surface area contributed by atoms with E-state index < -0.39 is 29.6 Å². The van der Waals surface area contributed by atoms with Crippen LogP contribution in [0.3, 0.4) is 0 Å². The molecule has 0 fully saturated rings. The van der Waals surface area contributed by atoms with E-state index in [1.54, 1.807) is 42.1 Å². The van der Waals surface area contributed by atoms with Crippen LogP contribution in [0.2, 0.25) is 0 Å². The highest BCUT2D eigenvalue weighted by Crippen LogP contribution is 2.30. The minimum atomic E-state index is -0.794. The number of rotatable bonds is 12. The highest BCUT2D eigenvalue weighted by Gasteiger charge is 2.24. The smallest absolute Gasteiger partial charge is 0.328 e. The number of methoxy groups -OCH3 is 1. The normalized spacial score (nSPS) is 11.4. The lowest BCUT2D eigenvalue weighted by atomic mass is 9.93. The maximum Gasteiger partial charge on any atom is 0.328 e. The molecule has 0 radical (unpaired) electrons. The van der Waals surface area contributed by atoms with Gasteiger partial charge in [0.15, 0.2) is 0 Å². The summed E-state index contributed by atoms with van der Waals surface area (Å²) in [5, 5.41) is 12.1. The number of carbonyl (C=O) groups is 2. The van der Waals surface area contributed by atoms with E-state index in [2.05, 4.69) is 11.4 Å². The number of nitrogens with one attached hydrogen (secondary N) is 1. The molecule has 0 heterocycles. The highest BCUT2D eigenvalue weighted by atomic mass is 32.2. The topological polar surface area (TPSA) is 82.4 Å². The van der Waals surface area contributed by atoms with Crippen molar-refractivity contribution in [3.05, 3.63) is 124 Å². The summed E-state index contributed by atoms with van der Waals surface area (Å²) < 4.78 is 33.7. The molecule has 6 nitrogen and oxygen atoms in total. The van der Waals surface area contributed by atoms with E-state index in [0.29, 0.717) is 41.1 Å². The molecule has 44 heavy (non-hydrogen) atoms. The van der Waals surface area contributed by atoms with Gasteiger partial charge >= 0.3 is 5.97 Å². The molecule has 0 bridgehead atoms. The number of hydrogen-bond donors (Lipinski definition) is 1. The first-order chi connectivity index (χ1) is 21.2. The van der Waals surface area contributed by atoms with Gasteiger partial charge in [-0.2, -0.15) is 17.0 Å². The molecule has 1 N–H and O–H groups in total. The number of nitriles is 1. The molecule has 0 aliphatic carbocycles. The van der Waals surface area contributed by atoms with Crippen LogP contribution >= 0.6 is 11.8 Å². The van der Waals surface area contributed by atoms with Gasteiger partial charge in [0.1, 0.15) is 17.7 Å². The maximum atomic E-state index is 14.7. The van der Waals surface area contributed by atoms with Gasteiger partial charge in [-0.25, -0.2) is 13.6 Å². The van der Waals surface area contributed by atoms with Gasteiger partial charge in [0.05, 0.1) is 18.7 Å². The number of aryl methyl sites for hydroxylation is 1. The Balaban J connectivity index is 1.75. The molecule has 1 atom stereocenters. The molecule has 4 aromatic carbocycles. The molecule has 0 aromatic heterocycles. The van der Waals surface area contributed by atoms with E-state index >= 15 is 0 Å². The Labute approximate surface area is 260 Å². The van der Waals surface area contributed by atoms with Crippen molar-refractivity contribution in [2.24, 2.45) is 0 Å². The van der Waals surface area contributed by atoms with Crippen LogP contribution in [0.1, 0.15) is 39.0 Å². The first kappa shape index (κ1) is 32.2. The number of anilines is 1. The number of amides is 1. The van der Waals surface area contributed by atoms with Crippen molar-refractivity contribution >= 4 is 29.3 Å². The Morgan fingerprint density at radius 2 is 1.73 bits per heavy atom. The molecule has 226 valence electrons. The fourth-order valence-corrected chi connectivity index (χ4v) is 5.40. The minimum Gasteiger partial charge on any atom is -0.467 e. The number of nitrogens with zero attached hydrogens (tertiary/aromatic N) is 2. The van der Waals surface area contributed by atoms with Crippen molar-refractivity contribution in [2.45, 2.75) is 32.5 Å². The summed E-state index contributed by atoms with van der Waals surface area (Å²) >= 11 is 1.57. The predicted molar refractivity (Wildman–Crippen MR) is 170 cm³/mol. The third-order valence-electron chi connectivity index (χ3n) is 7.27. The van der Waals surface area contributed by atoms with Crippen LogP contribution in [-0.4, -0.2) is 37.0 Å². The fourth-order valence-electron chi connectivity index (χ4n) is 4.92. The van der Waals surface area contributed by atoms with Gasteiger partial charge < -0.3 is 15.0 Å². The SMILES string of the molecule is COC(=O)[C@H](CCSC)NC(=O)c1ccc(CN(Cc2cc(F)ccc2F)c2ccc(C#N)cc2)cc1-c1ccccc1C. The summed E-state index contributed by atoms with van der Waals surface area (Å²) in [7, 11) is 1.30. The zero-order valence-corrected chi connectivity index (χ0v) is 25.6. The van der Waals surface area contributed by atoms with Gasteiger partial charge in [-0.3, -0.25) is 4.79 Å². The second kappa shape index (κ2) is 15.2. The molecule has 4 rings (SSSR count). The van der Waals surface area contributed by atoms with Gasteiger partial charge in [-0.05, 0) is 102 Å². The Morgan fingerprint density at radius 3 is 2.41 bits per heavy atom. The zero-order valence-electron chi connectivity index (χ0n) is 24.8.